The van der Waals surface area contributed by atoms with Crippen LogP contribution in [0.25, 0.3) is 22.2 Å². The molecule has 0 unspecified atom stereocenters. The lowest BCUT2D eigenvalue weighted by molar-refractivity contribution is -0.124. The summed E-state index contributed by atoms with van der Waals surface area (Å²) in [5, 5.41) is 3.40. The van der Waals surface area contributed by atoms with Crippen molar-refractivity contribution in [2.75, 3.05) is 20.8 Å². The molecule has 0 saturated heterocycles. The number of aromatic nitrogens is 1. The van der Waals surface area contributed by atoms with Gasteiger partial charge >= 0.3 is 5.97 Å². The highest BCUT2D eigenvalue weighted by atomic mass is 16.5. The van der Waals surface area contributed by atoms with Crippen LogP contribution in [0.4, 0.5) is 0 Å². The average Bonchev–Trinajstić information content (AvgIpc) is 2.90. The van der Waals surface area contributed by atoms with Crippen LogP contribution in [0.5, 0.6) is 11.5 Å². The van der Waals surface area contributed by atoms with Gasteiger partial charge in [-0.15, -0.1) is 0 Å². The third-order valence-electron chi connectivity index (χ3n) is 5.32. The molecule has 0 aliphatic carbocycles. The van der Waals surface area contributed by atoms with Crippen molar-refractivity contribution in [3.8, 4) is 22.8 Å². The number of carbonyl (C=O) groups excluding carboxylic acids is 2. The molecule has 0 atom stereocenters. The molecule has 4 rings (SSSR count). The molecular formula is C27H24N2O5. The Kier molecular flexibility index (Phi) is 7.03. The predicted octanol–water partition coefficient (Wildman–Crippen LogP) is 4.39. The number of hydrogen-bond donors (Lipinski definition) is 1. The summed E-state index contributed by atoms with van der Waals surface area (Å²) in [7, 11) is 3.17. The maximum Gasteiger partial charge on any atom is 0.339 e. The van der Waals surface area contributed by atoms with E-state index in [2.05, 4.69) is 10.3 Å². The Morgan fingerprint density at radius 1 is 0.882 bits per heavy atom. The van der Waals surface area contributed by atoms with Gasteiger partial charge in [0.2, 0.25) is 0 Å². The van der Waals surface area contributed by atoms with Crippen LogP contribution < -0.4 is 14.8 Å². The minimum atomic E-state index is -0.596. The summed E-state index contributed by atoms with van der Waals surface area (Å²) in [5.74, 6) is 0.395. The zero-order chi connectivity index (χ0) is 23.9. The number of para-hydroxylation sites is 2. The fourth-order valence-corrected chi connectivity index (χ4v) is 3.56. The highest BCUT2D eigenvalue weighted by Gasteiger charge is 2.17. The second-order valence-electron chi connectivity index (χ2n) is 7.47. The van der Waals surface area contributed by atoms with E-state index in [0.29, 0.717) is 27.9 Å². The number of nitrogens with one attached hydrogen (secondary N) is 1. The smallest absolute Gasteiger partial charge is 0.339 e. The fraction of sp³-hybridized carbons (Fsp3) is 0.148. The van der Waals surface area contributed by atoms with Gasteiger partial charge in [-0.3, -0.25) is 4.79 Å². The maximum atomic E-state index is 13.0. The molecule has 172 valence electrons. The number of carbonyl (C=O) groups is 2. The molecule has 0 aliphatic heterocycles. The quantitative estimate of drug-likeness (QED) is 0.396. The van der Waals surface area contributed by atoms with Crippen LogP contribution in [-0.4, -0.2) is 37.7 Å². The van der Waals surface area contributed by atoms with Crippen LogP contribution in [-0.2, 0) is 16.1 Å². The first kappa shape index (κ1) is 22.8. The second kappa shape index (κ2) is 10.5. The lowest BCUT2D eigenvalue weighted by Crippen LogP contribution is -2.28. The van der Waals surface area contributed by atoms with Crippen LogP contribution >= 0.6 is 0 Å². The number of rotatable bonds is 8. The molecule has 34 heavy (non-hydrogen) atoms. The van der Waals surface area contributed by atoms with E-state index in [1.165, 1.54) is 0 Å². The van der Waals surface area contributed by atoms with E-state index in [1.54, 1.807) is 26.4 Å². The lowest BCUT2D eigenvalue weighted by Gasteiger charge is -2.11. The van der Waals surface area contributed by atoms with Crippen LogP contribution in [0.1, 0.15) is 15.9 Å². The summed E-state index contributed by atoms with van der Waals surface area (Å²) in [5.41, 5.74) is 3.27. The zero-order valence-corrected chi connectivity index (χ0v) is 18.9. The highest BCUT2D eigenvalue weighted by Crippen LogP contribution is 2.27. The zero-order valence-electron chi connectivity index (χ0n) is 18.9. The topological polar surface area (TPSA) is 86.8 Å². The van der Waals surface area contributed by atoms with Gasteiger partial charge < -0.3 is 19.5 Å². The van der Waals surface area contributed by atoms with Gasteiger partial charge in [0.05, 0.1) is 31.0 Å². The van der Waals surface area contributed by atoms with E-state index >= 15 is 0 Å². The Hall–Kier alpha value is -4.39. The van der Waals surface area contributed by atoms with Gasteiger partial charge in [0.15, 0.2) is 6.61 Å². The number of methoxy groups -OCH3 is 2. The molecule has 0 radical (unpaired) electrons. The fourth-order valence-electron chi connectivity index (χ4n) is 3.56. The molecule has 1 N–H and O–H groups in total. The van der Waals surface area contributed by atoms with Crippen molar-refractivity contribution in [1.29, 1.82) is 0 Å². The van der Waals surface area contributed by atoms with Crippen molar-refractivity contribution in [2.45, 2.75) is 6.54 Å². The average molecular weight is 456 g/mol. The molecule has 7 nitrogen and oxygen atoms in total. The van der Waals surface area contributed by atoms with Crippen molar-refractivity contribution >= 4 is 22.8 Å². The Morgan fingerprint density at radius 3 is 2.38 bits per heavy atom. The minimum Gasteiger partial charge on any atom is -0.497 e. The van der Waals surface area contributed by atoms with Gasteiger partial charge in [0.25, 0.3) is 5.91 Å². The van der Waals surface area contributed by atoms with E-state index in [1.807, 2.05) is 66.7 Å². The van der Waals surface area contributed by atoms with E-state index in [4.69, 9.17) is 14.2 Å². The number of ether oxygens (including phenoxy) is 3. The van der Waals surface area contributed by atoms with Gasteiger partial charge in [-0.1, -0.05) is 36.4 Å². The van der Waals surface area contributed by atoms with Crippen LogP contribution in [0.3, 0.4) is 0 Å². The van der Waals surface area contributed by atoms with Gasteiger partial charge in [0, 0.05) is 23.1 Å². The van der Waals surface area contributed by atoms with Crippen molar-refractivity contribution in [1.82, 2.24) is 10.3 Å². The van der Waals surface area contributed by atoms with Gasteiger partial charge in [-0.25, -0.2) is 9.78 Å². The normalized spacial score (nSPS) is 10.5. The molecule has 0 saturated carbocycles. The summed E-state index contributed by atoms with van der Waals surface area (Å²) in [6, 6.07) is 23.8. The molecular weight excluding hydrogens is 432 g/mol. The van der Waals surface area contributed by atoms with Crippen molar-refractivity contribution < 1.29 is 23.8 Å². The maximum absolute atomic E-state index is 13.0. The van der Waals surface area contributed by atoms with E-state index in [-0.39, 0.29) is 6.54 Å². The Bertz CT molecular complexity index is 1320. The van der Waals surface area contributed by atoms with Crippen LogP contribution in [0, 0.1) is 0 Å². The number of nitrogens with zero attached hydrogens (tertiary/aromatic N) is 1. The predicted molar refractivity (Wildman–Crippen MR) is 129 cm³/mol. The van der Waals surface area contributed by atoms with E-state index in [0.717, 1.165) is 16.9 Å². The Morgan fingerprint density at radius 2 is 1.62 bits per heavy atom. The third-order valence-corrected chi connectivity index (χ3v) is 5.32. The third kappa shape index (κ3) is 5.15. The standard InChI is InChI=1S/C27H24N2O5/c1-32-20-13-11-18(12-14-20)24-15-22(21-8-4-5-9-23(21)29-24)27(31)34-17-26(30)28-16-19-7-3-6-10-25(19)33-2/h3-15H,16-17H2,1-2H3,(H,28,30). The van der Waals surface area contributed by atoms with Crippen molar-refractivity contribution in [3.63, 3.8) is 0 Å². The van der Waals surface area contributed by atoms with Crippen molar-refractivity contribution in [3.05, 3.63) is 90.0 Å². The van der Waals surface area contributed by atoms with Gasteiger partial charge in [-0.2, -0.15) is 0 Å². The van der Waals surface area contributed by atoms with E-state index in [9.17, 15) is 9.59 Å². The van der Waals surface area contributed by atoms with Crippen molar-refractivity contribution in [2.24, 2.45) is 0 Å². The molecule has 0 spiro atoms. The monoisotopic (exact) mass is 456 g/mol. The molecule has 1 amide bonds. The molecule has 3 aromatic carbocycles. The number of fused-ring (bicyclic) bond motifs is 1. The first-order valence-corrected chi connectivity index (χ1v) is 10.7. The molecule has 4 aromatic rings. The number of hydrogen-bond acceptors (Lipinski definition) is 6. The second-order valence-corrected chi connectivity index (χ2v) is 7.47. The number of amides is 1. The van der Waals surface area contributed by atoms with Gasteiger partial charge in [-0.05, 0) is 42.5 Å². The largest absolute Gasteiger partial charge is 0.497 e. The van der Waals surface area contributed by atoms with Crippen LogP contribution in [0.2, 0.25) is 0 Å². The summed E-state index contributed by atoms with van der Waals surface area (Å²) in [6.07, 6.45) is 0. The molecule has 0 aliphatic rings. The van der Waals surface area contributed by atoms with Gasteiger partial charge in [0.1, 0.15) is 11.5 Å². The lowest BCUT2D eigenvalue weighted by atomic mass is 10.0. The molecule has 0 fully saturated rings. The number of pyridine rings is 1. The summed E-state index contributed by atoms with van der Waals surface area (Å²) >= 11 is 0. The molecule has 7 heteroatoms. The first-order valence-electron chi connectivity index (χ1n) is 10.7. The minimum absolute atomic E-state index is 0.264. The molecule has 1 aromatic heterocycles. The Balaban J connectivity index is 1.49. The summed E-state index contributed by atoms with van der Waals surface area (Å²) < 4.78 is 15.8. The summed E-state index contributed by atoms with van der Waals surface area (Å²) in [6.45, 7) is -0.136. The Labute approximate surface area is 197 Å². The summed E-state index contributed by atoms with van der Waals surface area (Å²) in [4.78, 5) is 29.9. The first-order chi connectivity index (χ1) is 16.6. The van der Waals surface area contributed by atoms with E-state index < -0.39 is 18.5 Å². The number of benzene rings is 3. The SMILES string of the molecule is COc1ccc(-c2cc(C(=O)OCC(=O)NCc3ccccc3OC)c3ccccc3n2)cc1. The molecule has 1 heterocycles. The molecule has 0 bridgehead atoms. The van der Waals surface area contributed by atoms with Crippen LogP contribution in [0.15, 0.2) is 78.9 Å². The highest BCUT2D eigenvalue weighted by molar-refractivity contribution is 6.05. The number of esters is 1.